The van der Waals surface area contributed by atoms with E-state index in [0.717, 1.165) is 4.47 Å². The van der Waals surface area contributed by atoms with Gasteiger partial charge in [-0.25, -0.2) is 9.79 Å². The van der Waals surface area contributed by atoms with Crippen LogP contribution >= 0.6 is 39.3 Å². The van der Waals surface area contributed by atoms with E-state index in [2.05, 4.69) is 26.2 Å². The molecule has 0 spiro atoms. The van der Waals surface area contributed by atoms with E-state index in [-0.39, 0.29) is 5.91 Å². The first-order valence-corrected chi connectivity index (χ1v) is 11.6. The molecule has 1 N–H and O–H groups in total. The summed E-state index contributed by atoms with van der Waals surface area (Å²) in [5.74, 6) is 0.150. The molecule has 0 atom stereocenters. The number of hydrogen-bond donors (Lipinski definition) is 1. The quantitative estimate of drug-likeness (QED) is 0.235. The Morgan fingerprint density at radius 1 is 1.09 bits per heavy atom. The summed E-state index contributed by atoms with van der Waals surface area (Å²) in [6, 6.07) is 18.8. The molecular weight excluding hydrogens is 528 g/mol. The van der Waals surface area contributed by atoms with Crippen molar-refractivity contribution in [1.29, 1.82) is 0 Å². The summed E-state index contributed by atoms with van der Waals surface area (Å²) < 4.78 is 11.5. The minimum Gasteiger partial charge on any atom is -0.497 e. The number of amidine groups is 1. The van der Waals surface area contributed by atoms with Crippen LogP contribution in [0.3, 0.4) is 0 Å². The third kappa shape index (κ3) is 5.84. The first-order valence-electron chi connectivity index (χ1n) is 9.62. The van der Waals surface area contributed by atoms with Gasteiger partial charge in [0.05, 0.1) is 23.3 Å². The number of benzene rings is 3. The van der Waals surface area contributed by atoms with Gasteiger partial charge in [0.1, 0.15) is 11.5 Å². The molecule has 1 fully saturated rings. The lowest BCUT2D eigenvalue weighted by Crippen LogP contribution is -2.19. The normalized spacial score (nSPS) is 15.5. The Kier molecular flexibility index (Phi) is 7.17. The van der Waals surface area contributed by atoms with Gasteiger partial charge in [-0.2, -0.15) is 0 Å². The van der Waals surface area contributed by atoms with Crippen LogP contribution < -0.4 is 14.8 Å². The molecule has 0 aromatic heterocycles. The second-order valence-corrected chi connectivity index (χ2v) is 9.14. The van der Waals surface area contributed by atoms with Gasteiger partial charge in [0.25, 0.3) is 5.91 Å². The summed E-state index contributed by atoms with van der Waals surface area (Å²) in [7, 11) is 1.55. The highest BCUT2D eigenvalue weighted by Crippen LogP contribution is 2.32. The van der Waals surface area contributed by atoms with E-state index in [1.807, 2.05) is 0 Å². The highest BCUT2D eigenvalue weighted by atomic mass is 79.9. The SMILES string of the molecule is COc1ccc(C(=O)Oc2ccc(Br)cc2/C=C2\SC(=Nc3ccc(Cl)cc3)NC2=O)cc1. The topological polar surface area (TPSA) is 77.0 Å². The van der Waals surface area contributed by atoms with E-state index in [0.29, 0.717) is 43.4 Å². The van der Waals surface area contributed by atoms with E-state index in [4.69, 9.17) is 21.1 Å². The Bertz CT molecular complexity index is 1270. The highest BCUT2D eigenvalue weighted by molar-refractivity contribution is 9.10. The van der Waals surface area contributed by atoms with Crippen LogP contribution in [0.4, 0.5) is 5.69 Å². The van der Waals surface area contributed by atoms with Crippen molar-refractivity contribution >= 4 is 68.1 Å². The number of rotatable bonds is 5. The lowest BCUT2D eigenvalue weighted by molar-refractivity contribution is -0.115. The molecule has 9 heteroatoms. The number of thioether (sulfide) groups is 1. The molecule has 6 nitrogen and oxygen atoms in total. The van der Waals surface area contributed by atoms with E-state index >= 15 is 0 Å². The molecule has 1 heterocycles. The van der Waals surface area contributed by atoms with E-state index in [9.17, 15) is 9.59 Å². The number of halogens is 2. The molecule has 0 aliphatic carbocycles. The molecule has 0 unspecified atom stereocenters. The van der Waals surface area contributed by atoms with Gasteiger partial charge in [-0.3, -0.25) is 4.79 Å². The second kappa shape index (κ2) is 10.2. The Morgan fingerprint density at radius 2 is 1.82 bits per heavy atom. The zero-order valence-corrected chi connectivity index (χ0v) is 20.3. The van der Waals surface area contributed by atoms with Crippen LogP contribution in [0, 0.1) is 0 Å². The molecule has 1 aliphatic rings. The second-order valence-electron chi connectivity index (χ2n) is 6.76. The molecule has 1 aliphatic heterocycles. The van der Waals surface area contributed by atoms with Gasteiger partial charge < -0.3 is 14.8 Å². The van der Waals surface area contributed by atoms with Crippen LogP contribution in [0.5, 0.6) is 11.5 Å². The molecule has 0 bridgehead atoms. The first kappa shape index (κ1) is 23.1. The Hall–Kier alpha value is -3.07. The van der Waals surface area contributed by atoms with Gasteiger partial charge in [0.15, 0.2) is 5.17 Å². The zero-order valence-electron chi connectivity index (χ0n) is 17.2. The standard InChI is InChI=1S/C24H16BrClN2O4S/c1-31-19-9-2-14(3-10-19)23(30)32-20-11-4-16(25)12-15(20)13-21-22(29)28-24(33-21)27-18-7-5-17(26)6-8-18/h2-13H,1H3,(H,27,28,29)/b21-13-. The van der Waals surface area contributed by atoms with Gasteiger partial charge >= 0.3 is 5.97 Å². The van der Waals surface area contributed by atoms with Crippen molar-refractivity contribution in [2.24, 2.45) is 4.99 Å². The number of aliphatic imine (C=N–C) groups is 1. The minimum atomic E-state index is -0.520. The van der Waals surface area contributed by atoms with Crippen molar-refractivity contribution < 1.29 is 19.1 Å². The molecule has 3 aromatic carbocycles. The number of esters is 1. The zero-order chi connectivity index (χ0) is 23.4. The number of ether oxygens (including phenoxy) is 2. The van der Waals surface area contributed by atoms with Crippen molar-refractivity contribution in [2.75, 3.05) is 7.11 Å². The summed E-state index contributed by atoms with van der Waals surface area (Å²) in [5.41, 5.74) is 1.61. The average molecular weight is 544 g/mol. The monoisotopic (exact) mass is 542 g/mol. The highest BCUT2D eigenvalue weighted by Gasteiger charge is 2.24. The van der Waals surface area contributed by atoms with Crippen LogP contribution in [-0.2, 0) is 4.79 Å². The third-order valence-electron chi connectivity index (χ3n) is 4.49. The van der Waals surface area contributed by atoms with Gasteiger partial charge in [-0.1, -0.05) is 27.5 Å². The van der Waals surface area contributed by atoms with Crippen molar-refractivity contribution in [2.45, 2.75) is 0 Å². The summed E-state index contributed by atoms with van der Waals surface area (Å²) in [4.78, 5) is 30.0. The third-order valence-corrected chi connectivity index (χ3v) is 6.15. The fraction of sp³-hybridized carbons (Fsp3) is 0.0417. The van der Waals surface area contributed by atoms with E-state index < -0.39 is 5.97 Å². The van der Waals surface area contributed by atoms with Crippen molar-refractivity contribution in [3.8, 4) is 11.5 Å². The fourth-order valence-electron chi connectivity index (χ4n) is 2.87. The molecular formula is C24H16BrClN2O4S. The molecule has 1 amide bonds. The predicted octanol–water partition coefficient (Wildman–Crippen LogP) is 6.22. The van der Waals surface area contributed by atoms with Crippen molar-refractivity contribution in [3.05, 3.63) is 92.3 Å². The maximum absolute atomic E-state index is 12.6. The summed E-state index contributed by atoms with van der Waals surface area (Å²) >= 11 is 10.5. The molecule has 1 saturated heterocycles. The Morgan fingerprint density at radius 3 is 2.52 bits per heavy atom. The summed E-state index contributed by atoms with van der Waals surface area (Å²) in [6.07, 6.45) is 1.66. The first-order chi connectivity index (χ1) is 15.9. The van der Waals surface area contributed by atoms with Crippen LogP contribution in [0.2, 0.25) is 5.02 Å². The molecule has 166 valence electrons. The predicted molar refractivity (Wildman–Crippen MR) is 134 cm³/mol. The van der Waals surface area contributed by atoms with E-state index in [1.54, 1.807) is 79.9 Å². The lowest BCUT2D eigenvalue weighted by Gasteiger charge is -2.09. The number of carbonyl (C=O) groups excluding carboxylic acids is 2. The van der Waals surface area contributed by atoms with Gasteiger partial charge in [-0.15, -0.1) is 0 Å². The molecule has 33 heavy (non-hydrogen) atoms. The average Bonchev–Trinajstić information content (AvgIpc) is 3.15. The molecule has 4 rings (SSSR count). The van der Waals surface area contributed by atoms with Crippen LogP contribution in [0.15, 0.2) is 81.1 Å². The van der Waals surface area contributed by atoms with Crippen molar-refractivity contribution in [1.82, 2.24) is 5.32 Å². The summed E-state index contributed by atoms with van der Waals surface area (Å²) in [5, 5.41) is 3.79. The van der Waals surface area contributed by atoms with Crippen LogP contribution in [0.25, 0.3) is 6.08 Å². The lowest BCUT2D eigenvalue weighted by atomic mass is 10.1. The largest absolute Gasteiger partial charge is 0.497 e. The van der Waals surface area contributed by atoms with Gasteiger partial charge in [0, 0.05) is 15.1 Å². The number of carbonyl (C=O) groups is 2. The van der Waals surface area contributed by atoms with E-state index in [1.165, 1.54) is 11.8 Å². The smallest absolute Gasteiger partial charge is 0.343 e. The number of methoxy groups -OCH3 is 1. The number of nitrogens with one attached hydrogen (secondary N) is 1. The maximum Gasteiger partial charge on any atom is 0.343 e. The minimum absolute atomic E-state index is 0.292. The Labute approximate surface area is 207 Å². The number of amides is 1. The Balaban J connectivity index is 1.57. The summed E-state index contributed by atoms with van der Waals surface area (Å²) in [6.45, 7) is 0. The van der Waals surface area contributed by atoms with Crippen LogP contribution in [-0.4, -0.2) is 24.2 Å². The number of nitrogens with zero attached hydrogens (tertiary/aromatic N) is 1. The van der Waals surface area contributed by atoms with Gasteiger partial charge in [-0.05, 0) is 84.6 Å². The number of hydrogen-bond acceptors (Lipinski definition) is 6. The molecule has 3 aromatic rings. The fourth-order valence-corrected chi connectivity index (χ4v) is 4.20. The molecule has 0 radical (unpaired) electrons. The maximum atomic E-state index is 12.6. The molecule has 0 saturated carbocycles. The van der Waals surface area contributed by atoms with Crippen molar-refractivity contribution in [3.63, 3.8) is 0 Å². The van der Waals surface area contributed by atoms with Crippen LogP contribution in [0.1, 0.15) is 15.9 Å². The van der Waals surface area contributed by atoms with Gasteiger partial charge in [0.2, 0.25) is 0 Å².